The average Bonchev–Trinajstić information content (AvgIpc) is 1.57. The van der Waals surface area contributed by atoms with Gasteiger partial charge in [-0.05, 0) is 276 Å². The van der Waals surface area contributed by atoms with Gasteiger partial charge in [0.25, 0.3) is 63.7 Å². The number of carbonyl (C=O) groups excluding carboxylic acids is 4. The minimum atomic E-state index is -4.43. The van der Waals surface area contributed by atoms with E-state index in [9.17, 15) is 83.6 Å². The number of halogens is 7. The summed E-state index contributed by atoms with van der Waals surface area (Å²) in [6.07, 6.45) is 6.99. The smallest absolute Gasteiger partial charge is 0.395 e. The Morgan fingerprint density at radius 3 is 1.35 bits per heavy atom. The van der Waals surface area contributed by atoms with Crippen LogP contribution in [0, 0.1) is 65.6 Å². The number of pyridine rings is 8. The van der Waals surface area contributed by atoms with Crippen LogP contribution in [0.1, 0.15) is 186 Å². The fourth-order valence-electron chi connectivity index (χ4n) is 20.1. The molecule has 780 valence electrons. The van der Waals surface area contributed by atoms with E-state index in [4.69, 9.17) is 10.7 Å². The SMILES string of the molecule is CC1CN(c2ncccc2C(=O)NS(=O)(=O)c2cccc(Cc3c(F)cc(F)cc3F)n2)C(C)(C)C1.CC1CN(c2ncccc2C(=O)NS(=O)(=O)c2cccc(N3CCC(Cc4ccccc4)CC3)n2)C(C)(C)C1.C[C@@H]1CN(c2nc(-c3ccc4c(c3)OC(F)(F)O4)ccc2C(=O)NS(=O)(=O)c2cccc(N)n2)C(C)(C)C1.Cc1ncccc1S(=O)(=O)NC(=O)c1ccc(-c2cc(F)ccc2F)nc1N1C[C@@H](C)CC1(C)C. The molecular formula is C105H113F7N18O14S4. The molecule has 43 heteroatoms. The number of aryl methyl sites for hydroxylation is 1. The molecule has 32 nitrogen and oxygen atoms in total. The summed E-state index contributed by atoms with van der Waals surface area (Å²) in [4.78, 5) is 97.2. The van der Waals surface area contributed by atoms with Gasteiger partial charge in [-0.1, -0.05) is 76.2 Å². The van der Waals surface area contributed by atoms with E-state index in [1.807, 2.05) is 77.8 Å². The first-order chi connectivity index (χ1) is 69.6. The van der Waals surface area contributed by atoms with Crippen LogP contribution >= 0.6 is 0 Å². The molecule has 5 saturated heterocycles. The van der Waals surface area contributed by atoms with E-state index in [0.717, 1.165) is 88.8 Å². The number of sulfonamides is 4. The van der Waals surface area contributed by atoms with Crippen molar-refractivity contribution in [3.63, 3.8) is 0 Å². The highest BCUT2D eigenvalue weighted by Crippen LogP contribution is 2.47. The van der Waals surface area contributed by atoms with Gasteiger partial charge in [-0.2, -0.15) is 25.3 Å². The summed E-state index contributed by atoms with van der Waals surface area (Å²) >= 11 is 0. The van der Waals surface area contributed by atoms with Crippen molar-refractivity contribution in [1.29, 1.82) is 0 Å². The van der Waals surface area contributed by atoms with E-state index in [0.29, 0.717) is 78.2 Å². The maximum Gasteiger partial charge on any atom is 0.586 e. The second kappa shape index (κ2) is 42.9. The molecule has 4 aromatic carbocycles. The highest BCUT2D eigenvalue weighted by Gasteiger charge is 2.47. The second-order valence-electron chi connectivity index (χ2n) is 40.4. The van der Waals surface area contributed by atoms with E-state index in [1.54, 1.807) is 42.7 Å². The number of aromatic nitrogens is 8. The summed E-state index contributed by atoms with van der Waals surface area (Å²) in [5.41, 5.74) is 6.75. The van der Waals surface area contributed by atoms with Crippen molar-refractivity contribution in [2.75, 3.05) is 69.5 Å². The van der Waals surface area contributed by atoms with Crippen LogP contribution in [0.15, 0.2) is 233 Å². The summed E-state index contributed by atoms with van der Waals surface area (Å²) in [7, 11) is -17.2. The van der Waals surface area contributed by atoms with Gasteiger partial charge in [0, 0.05) is 121 Å². The van der Waals surface area contributed by atoms with Crippen LogP contribution in [0.3, 0.4) is 0 Å². The van der Waals surface area contributed by atoms with Gasteiger partial charge in [0.2, 0.25) is 0 Å². The maximum absolute atomic E-state index is 14.5. The second-order valence-corrected chi connectivity index (χ2v) is 47.0. The molecule has 12 aromatic rings. The zero-order valence-electron chi connectivity index (χ0n) is 83.4. The first kappa shape index (κ1) is 108. The summed E-state index contributed by atoms with van der Waals surface area (Å²) < 4.78 is 218. The number of hydrogen-bond donors (Lipinski definition) is 5. The Balaban J connectivity index is 0.000000148. The zero-order chi connectivity index (χ0) is 107. The summed E-state index contributed by atoms with van der Waals surface area (Å²) in [6.45, 7) is 30.4. The van der Waals surface area contributed by atoms with Crippen LogP contribution in [0.5, 0.6) is 11.5 Å². The molecule has 8 aromatic heterocycles. The number of fused-ring (bicyclic) bond motifs is 1. The van der Waals surface area contributed by atoms with E-state index < -0.39 is 132 Å². The first-order valence-electron chi connectivity index (χ1n) is 47.8. The molecular weight excluding hydrogens is 2000 g/mol. The molecule has 0 aliphatic carbocycles. The predicted octanol–water partition coefficient (Wildman–Crippen LogP) is 17.2. The Labute approximate surface area is 854 Å². The highest BCUT2D eigenvalue weighted by molar-refractivity contribution is 7.91. The number of nitrogen functional groups attached to an aromatic ring is 1. The van der Waals surface area contributed by atoms with Crippen molar-refractivity contribution in [1.82, 2.24) is 58.8 Å². The van der Waals surface area contributed by atoms with Crippen LogP contribution in [0.2, 0.25) is 0 Å². The number of nitrogens with one attached hydrogen (secondary N) is 4. The topological polar surface area (TPSA) is 417 Å². The lowest BCUT2D eigenvalue weighted by Crippen LogP contribution is -2.41. The lowest BCUT2D eigenvalue weighted by Gasteiger charge is -2.34. The van der Waals surface area contributed by atoms with Crippen LogP contribution in [0.4, 0.5) is 65.6 Å². The van der Waals surface area contributed by atoms with Crippen molar-refractivity contribution in [3.8, 4) is 34.0 Å². The lowest BCUT2D eigenvalue weighted by atomic mass is 9.90. The Morgan fingerprint density at radius 2 is 0.858 bits per heavy atom. The van der Waals surface area contributed by atoms with Crippen molar-refractivity contribution < 1.29 is 93.1 Å². The number of rotatable bonds is 23. The van der Waals surface area contributed by atoms with Crippen molar-refractivity contribution in [2.45, 2.75) is 190 Å². The van der Waals surface area contributed by atoms with Crippen LogP contribution in [0.25, 0.3) is 22.5 Å². The minimum Gasteiger partial charge on any atom is -0.395 e. The summed E-state index contributed by atoms with van der Waals surface area (Å²) in [5, 5.41) is -1.07. The number of anilines is 6. The molecule has 2 unspecified atom stereocenters. The van der Waals surface area contributed by atoms with Gasteiger partial charge >= 0.3 is 6.29 Å². The Kier molecular flexibility index (Phi) is 31.2. The number of piperidine rings is 1. The highest BCUT2D eigenvalue weighted by atomic mass is 32.2. The van der Waals surface area contributed by atoms with Crippen molar-refractivity contribution in [3.05, 3.63) is 287 Å². The van der Waals surface area contributed by atoms with Gasteiger partial charge in [0.1, 0.15) is 68.9 Å². The molecule has 0 saturated carbocycles. The molecule has 0 bridgehead atoms. The Morgan fingerprint density at radius 1 is 0.419 bits per heavy atom. The third kappa shape index (κ3) is 24.9. The summed E-state index contributed by atoms with van der Waals surface area (Å²) in [6, 6.07) is 46.6. The van der Waals surface area contributed by atoms with Crippen LogP contribution in [-0.4, -0.2) is 165 Å². The molecule has 0 spiro atoms. The third-order valence-corrected chi connectivity index (χ3v) is 31.7. The number of nitrogens with two attached hydrogens (primary N) is 1. The molecule has 6 N–H and O–H groups in total. The number of ether oxygens (including phenoxy) is 2. The quantitative estimate of drug-likeness (QED) is 0.0371. The van der Waals surface area contributed by atoms with Gasteiger partial charge in [0.05, 0.1) is 39.3 Å². The Bertz CT molecular complexity index is 7550. The van der Waals surface area contributed by atoms with E-state index in [1.165, 1.54) is 110 Å². The van der Waals surface area contributed by atoms with Crippen LogP contribution < -0.4 is 58.6 Å². The van der Waals surface area contributed by atoms with Gasteiger partial charge in [-0.15, -0.1) is 8.78 Å². The van der Waals surface area contributed by atoms with E-state index in [2.05, 4.69) is 129 Å². The van der Waals surface area contributed by atoms with Crippen LogP contribution in [-0.2, 0) is 52.9 Å². The number of nitrogens with zero attached hydrogens (tertiary/aromatic N) is 13. The van der Waals surface area contributed by atoms with E-state index >= 15 is 0 Å². The number of carbonyl (C=O) groups is 4. The Hall–Kier alpha value is -14.3. The maximum atomic E-state index is 14.5. The molecule has 4 amide bonds. The molecule has 6 aliphatic heterocycles. The standard InChI is InChI=1S/C30H37N5O3S.C25H25F3N4O3S.C25H25F2N5O5S.C25H26F2N4O3S/c1-22-20-30(2,3)35(21-22)28-25(11-8-16-31-28)29(36)33-39(37,38)27-13-7-12-26(32-27)34-17-14-24(15-18-34)19-23-9-5-4-6-10-23;1-15-13-25(2,3)32(14-15)23-18(7-5-9-29-23)24(33)31-36(34,35)22-8-4-6-17(30-22)12-19-20(27)10-16(26)11-21(19)28;1-14-12-24(2,3)32(13-14)22-16(23(33)31-38(34,35)21-6-4-5-20(28)30-21)8-9-17(29-22)15-7-10-18-19(11-15)37-25(26,27)36-18;1-15-13-25(3,4)31(14-15)23-18(8-10-21(29-23)19-12-17(26)7-9-20(19)27)24(32)30-35(33,34)22-6-5-11-28-16(22)2/h4-13,16,22,24H,14-15,17-21H2,1-3H3,(H,33,36);4-11,15H,12-14H2,1-3H3,(H,31,33);4-11,14H,12-13H2,1-3H3,(H2,28,30)(H,31,33);5-12,15H,13-14H2,1-4H3,(H,30,32)/t;;14-;15-/m..00/s1. The molecule has 0 radical (unpaired) electrons. The number of benzene rings is 4. The molecule has 14 heterocycles. The first-order valence-corrected chi connectivity index (χ1v) is 53.7. The van der Waals surface area contributed by atoms with Gasteiger partial charge in [-0.25, -0.2) is 84.1 Å². The van der Waals surface area contributed by atoms with Gasteiger partial charge in [0.15, 0.2) is 26.6 Å². The molecule has 148 heavy (non-hydrogen) atoms. The number of alkyl halides is 2. The fraction of sp³-hybridized carbons (Fsp3) is 0.352. The fourth-order valence-corrected chi connectivity index (χ4v) is 24.1. The third-order valence-electron chi connectivity index (χ3n) is 26.5. The van der Waals surface area contributed by atoms with Crippen molar-refractivity contribution >= 4 is 98.6 Å². The number of amides is 4. The summed E-state index contributed by atoms with van der Waals surface area (Å²) in [5.74, 6) is -4.30. The molecule has 5 fully saturated rings. The normalized spacial score (nSPS) is 18.5. The van der Waals surface area contributed by atoms with E-state index in [-0.39, 0.29) is 107 Å². The largest absolute Gasteiger partial charge is 0.586 e. The number of hydrogen-bond acceptors (Lipinski definition) is 28. The lowest BCUT2D eigenvalue weighted by molar-refractivity contribution is -0.286. The van der Waals surface area contributed by atoms with Crippen molar-refractivity contribution in [2.24, 2.45) is 29.6 Å². The van der Waals surface area contributed by atoms with Gasteiger partial charge < -0.3 is 39.7 Å². The molecule has 4 atom stereocenters. The predicted molar refractivity (Wildman–Crippen MR) is 544 cm³/mol. The average molecular weight is 2110 g/mol. The molecule has 6 aliphatic rings. The minimum absolute atomic E-state index is 0.0119. The van der Waals surface area contributed by atoms with Gasteiger partial charge in [-0.3, -0.25) is 24.2 Å². The zero-order valence-corrected chi connectivity index (χ0v) is 86.6. The monoisotopic (exact) mass is 2110 g/mol. The molecule has 18 rings (SSSR count).